The van der Waals surface area contributed by atoms with E-state index in [0.29, 0.717) is 42.6 Å². The second-order valence-electron chi connectivity index (χ2n) is 7.72. The number of amides is 2. The van der Waals surface area contributed by atoms with E-state index >= 15 is 0 Å². The summed E-state index contributed by atoms with van der Waals surface area (Å²) in [6, 6.07) is 10.8. The van der Waals surface area contributed by atoms with Gasteiger partial charge in [-0.05, 0) is 30.3 Å². The van der Waals surface area contributed by atoms with Crippen molar-refractivity contribution in [3.63, 3.8) is 0 Å². The molecule has 2 aromatic carbocycles. The lowest BCUT2D eigenvalue weighted by molar-refractivity contribution is -0.384. The van der Waals surface area contributed by atoms with Crippen molar-refractivity contribution in [1.29, 1.82) is 0 Å². The Morgan fingerprint density at radius 1 is 1.12 bits per heavy atom. The van der Waals surface area contributed by atoms with Gasteiger partial charge in [0.2, 0.25) is 5.91 Å². The minimum atomic E-state index is -0.505. The molecule has 0 aromatic heterocycles. The van der Waals surface area contributed by atoms with E-state index in [4.69, 9.17) is 16.3 Å². The van der Waals surface area contributed by atoms with Crippen LogP contribution in [0.25, 0.3) is 0 Å². The van der Waals surface area contributed by atoms with Gasteiger partial charge >= 0.3 is 0 Å². The van der Waals surface area contributed by atoms with Crippen LogP contribution in [-0.2, 0) is 9.59 Å². The lowest BCUT2D eigenvalue weighted by Gasteiger charge is -2.37. The van der Waals surface area contributed by atoms with Crippen molar-refractivity contribution < 1.29 is 19.2 Å². The number of hydrogen-bond acceptors (Lipinski definition) is 6. The number of halogens is 1. The molecule has 0 unspecified atom stereocenters. The standard InChI is InChI=1S/C22H25ClN4O5/c1-15(2)22(29)26-11-9-25(10-12-26)20-8-3-16(13-19(20)23)24-21(28)14-32-18-6-4-17(5-7-18)27(30)31/h3-8,13,15H,9-12,14H2,1-2H3,(H,24,28). The Labute approximate surface area is 191 Å². The summed E-state index contributed by atoms with van der Waals surface area (Å²) in [5.41, 5.74) is 1.33. The molecule has 1 aliphatic heterocycles. The minimum Gasteiger partial charge on any atom is -0.484 e. The lowest BCUT2D eigenvalue weighted by atomic mass is 10.1. The van der Waals surface area contributed by atoms with E-state index in [9.17, 15) is 19.7 Å². The van der Waals surface area contributed by atoms with Crippen molar-refractivity contribution in [2.75, 3.05) is 43.0 Å². The maximum atomic E-state index is 12.2. The van der Waals surface area contributed by atoms with Gasteiger partial charge in [-0.2, -0.15) is 0 Å². The smallest absolute Gasteiger partial charge is 0.269 e. The van der Waals surface area contributed by atoms with Crippen molar-refractivity contribution >= 4 is 40.5 Å². The number of nitrogens with one attached hydrogen (secondary N) is 1. The summed E-state index contributed by atoms with van der Waals surface area (Å²) in [6.07, 6.45) is 0. The molecule has 0 radical (unpaired) electrons. The third-order valence-electron chi connectivity index (χ3n) is 5.07. The molecule has 0 atom stereocenters. The monoisotopic (exact) mass is 460 g/mol. The first kappa shape index (κ1) is 23.3. The summed E-state index contributed by atoms with van der Waals surface area (Å²) >= 11 is 6.45. The lowest BCUT2D eigenvalue weighted by Crippen LogP contribution is -2.50. The van der Waals surface area contributed by atoms with Crippen LogP contribution >= 0.6 is 11.6 Å². The molecule has 1 saturated heterocycles. The Balaban J connectivity index is 1.52. The van der Waals surface area contributed by atoms with Crippen LogP contribution in [0.4, 0.5) is 17.1 Å². The molecule has 2 amide bonds. The predicted octanol–water partition coefficient (Wildman–Crippen LogP) is 3.57. The van der Waals surface area contributed by atoms with Crippen LogP contribution < -0.4 is 15.0 Å². The number of nitrogens with zero attached hydrogens (tertiary/aromatic N) is 3. The summed E-state index contributed by atoms with van der Waals surface area (Å²) in [4.78, 5) is 38.5. The summed E-state index contributed by atoms with van der Waals surface area (Å²) in [5, 5.41) is 13.9. The molecule has 3 rings (SSSR count). The molecule has 0 aliphatic carbocycles. The Bertz CT molecular complexity index is 988. The van der Waals surface area contributed by atoms with Gasteiger partial charge in [-0.25, -0.2) is 0 Å². The third kappa shape index (κ3) is 5.88. The second-order valence-corrected chi connectivity index (χ2v) is 8.13. The number of piperazine rings is 1. The number of carbonyl (C=O) groups is 2. The zero-order valence-electron chi connectivity index (χ0n) is 17.9. The highest BCUT2D eigenvalue weighted by Gasteiger charge is 2.24. The van der Waals surface area contributed by atoms with Crippen LogP contribution in [0.3, 0.4) is 0 Å². The molecule has 2 aromatic rings. The van der Waals surface area contributed by atoms with Crippen LogP contribution in [0.5, 0.6) is 5.75 Å². The maximum Gasteiger partial charge on any atom is 0.269 e. The van der Waals surface area contributed by atoms with Crippen LogP contribution in [0.2, 0.25) is 5.02 Å². The molecule has 170 valence electrons. The van der Waals surface area contributed by atoms with Crippen molar-refractivity contribution in [2.24, 2.45) is 5.92 Å². The number of anilines is 2. The molecule has 1 heterocycles. The molecule has 1 aliphatic rings. The van der Waals surface area contributed by atoms with Gasteiger partial charge in [0.15, 0.2) is 6.61 Å². The molecule has 9 nitrogen and oxygen atoms in total. The fourth-order valence-electron chi connectivity index (χ4n) is 3.38. The maximum absolute atomic E-state index is 12.2. The van der Waals surface area contributed by atoms with E-state index in [0.717, 1.165) is 5.69 Å². The van der Waals surface area contributed by atoms with Crippen LogP contribution in [0, 0.1) is 16.0 Å². The van der Waals surface area contributed by atoms with E-state index in [1.165, 1.54) is 24.3 Å². The van der Waals surface area contributed by atoms with E-state index < -0.39 is 4.92 Å². The van der Waals surface area contributed by atoms with Crippen molar-refractivity contribution in [3.8, 4) is 5.75 Å². The normalized spacial score (nSPS) is 13.8. The topological polar surface area (TPSA) is 105 Å². The predicted molar refractivity (Wildman–Crippen MR) is 122 cm³/mol. The van der Waals surface area contributed by atoms with Crippen molar-refractivity contribution in [3.05, 3.63) is 57.6 Å². The fraction of sp³-hybridized carbons (Fsp3) is 0.364. The Morgan fingerprint density at radius 3 is 2.34 bits per heavy atom. The molecular weight excluding hydrogens is 436 g/mol. The van der Waals surface area contributed by atoms with Gasteiger partial charge in [-0.3, -0.25) is 19.7 Å². The van der Waals surface area contributed by atoms with Gasteiger partial charge in [0.25, 0.3) is 11.6 Å². The Morgan fingerprint density at radius 2 is 1.78 bits per heavy atom. The zero-order chi connectivity index (χ0) is 23.3. The van der Waals surface area contributed by atoms with Crippen LogP contribution in [0.15, 0.2) is 42.5 Å². The summed E-state index contributed by atoms with van der Waals surface area (Å²) in [5.74, 6) is 0.115. The number of nitro benzene ring substituents is 1. The third-order valence-corrected chi connectivity index (χ3v) is 5.38. The van der Waals surface area contributed by atoms with E-state index in [2.05, 4.69) is 10.2 Å². The largest absolute Gasteiger partial charge is 0.484 e. The molecular formula is C22H25ClN4O5. The van der Waals surface area contributed by atoms with E-state index in [-0.39, 0.29) is 30.0 Å². The Hall–Kier alpha value is -3.33. The molecule has 0 bridgehead atoms. The number of carbonyl (C=O) groups excluding carboxylic acids is 2. The van der Waals surface area contributed by atoms with Crippen LogP contribution in [-0.4, -0.2) is 54.4 Å². The highest BCUT2D eigenvalue weighted by Crippen LogP contribution is 2.30. The summed E-state index contributed by atoms with van der Waals surface area (Å²) < 4.78 is 5.36. The van der Waals surface area contributed by atoms with E-state index in [1.54, 1.807) is 12.1 Å². The average Bonchev–Trinajstić information content (AvgIpc) is 2.77. The zero-order valence-corrected chi connectivity index (χ0v) is 18.7. The van der Waals surface area contributed by atoms with Gasteiger partial charge in [0, 0.05) is 49.9 Å². The molecule has 0 saturated carbocycles. The number of non-ortho nitro benzene ring substituents is 1. The SMILES string of the molecule is CC(C)C(=O)N1CCN(c2ccc(NC(=O)COc3ccc([N+](=O)[O-])cc3)cc2Cl)CC1. The summed E-state index contributed by atoms with van der Waals surface area (Å²) in [7, 11) is 0. The number of benzene rings is 2. The number of nitro groups is 1. The van der Waals surface area contributed by atoms with Gasteiger partial charge < -0.3 is 19.9 Å². The van der Waals surface area contributed by atoms with Crippen molar-refractivity contribution in [1.82, 2.24) is 4.90 Å². The van der Waals surface area contributed by atoms with Gasteiger partial charge in [-0.1, -0.05) is 25.4 Å². The Kier molecular flexibility index (Phi) is 7.53. The highest BCUT2D eigenvalue weighted by atomic mass is 35.5. The second kappa shape index (κ2) is 10.3. The first-order chi connectivity index (χ1) is 15.2. The van der Waals surface area contributed by atoms with Gasteiger partial charge in [-0.15, -0.1) is 0 Å². The van der Waals surface area contributed by atoms with E-state index in [1.807, 2.05) is 24.8 Å². The number of hydrogen-bond donors (Lipinski definition) is 1. The summed E-state index contributed by atoms with van der Waals surface area (Å²) in [6.45, 7) is 6.21. The van der Waals surface area contributed by atoms with Gasteiger partial charge in [0.05, 0.1) is 15.6 Å². The van der Waals surface area contributed by atoms with Crippen LogP contribution in [0.1, 0.15) is 13.8 Å². The molecule has 32 heavy (non-hydrogen) atoms. The van der Waals surface area contributed by atoms with Gasteiger partial charge in [0.1, 0.15) is 5.75 Å². The van der Waals surface area contributed by atoms with Crippen molar-refractivity contribution in [2.45, 2.75) is 13.8 Å². The molecule has 0 spiro atoms. The molecule has 10 heteroatoms. The minimum absolute atomic E-state index is 0.0163. The number of rotatable bonds is 7. The quantitative estimate of drug-likeness (QED) is 0.500. The first-order valence-corrected chi connectivity index (χ1v) is 10.6. The average molecular weight is 461 g/mol. The highest BCUT2D eigenvalue weighted by molar-refractivity contribution is 6.33. The molecule has 1 fully saturated rings. The first-order valence-electron chi connectivity index (χ1n) is 10.2. The molecule has 1 N–H and O–H groups in total. The number of ether oxygens (including phenoxy) is 1. The fourth-order valence-corrected chi connectivity index (χ4v) is 3.68.